The summed E-state index contributed by atoms with van der Waals surface area (Å²) in [6, 6.07) is 2.92. The average molecular weight is 305 g/mol. The van der Waals surface area contributed by atoms with Crippen molar-refractivity contribution in [1.82, 2.24) is 10.3 Å². The van der Waals surface area contributed by atoms with Crippen molar-refractivity contribution in [3.05, 3.63) is 28.0 Å². The van der Waals surface area contributed by atoms with Gasteiger partial charge >= 0.3 is 0 Å². The number of carbonyl (C=O) groups excluding carboxylic acids is 1. The van der Waals surface area contributed by atoms with Crippen LogP contribution in [0.4, 0.5) is 0 Å². The molecule has 0 radical (unpaired) electrons. The number of nitrogens with zero attached hydrogens (tertiary/aromatic N) is 1. The Morgan fingerprint density at radius 3 is 2.42 bits per heavy atom. The second kappa shape index (κ2) is 7.68. The Morgan fingerprint density at radius 2 is 1.95 bits per heavy atom. The van der Waals surface area contributed by atoms with Crippen molar-refractivity contribution in [2.45, 2.75) is 26.8 Å². The molecule has 1 heterocycles. The van der Waals surface area contributed by atoms with E-state index < -0.39 is 0 Å². The topological polar surface area (TPSA) is 51.2 Å². The van der Waals surface area contributed by atoms with Gasteiger partial charge in [0.1, 0.15) is 10.3 Å². The molecule has 1 rings (SSSR count). The molecule has 0 spiro atoms. The summed E-state index contributed by atoms with van der Waals surface area (Å²) in [4.78, 5) is 15.9. The number of hydrogen-bond donors (Lipinski definition) is 1. The molecule has 0 bridgehead atoms. The number of amides is 1. The highest BCUT2D eigenvalue weighted by Gasteiger charge is 2.18. The van der Waals surface area contributed by atoms with Gasteiger partial charge in [0.25, 0.3) is 5.91 Å². The number of carbonyl (C=O) groups is 1. The standard InChI is InChI=1S/C13H18Cl2N2O2/c1-4-19-7-10(8(2)3)16-13(18)9-5-11(14)17-12(15)6-9/h5-6,8,10H,4,7H2,1-3H3,(H,16,18). The summed E-state index contributed by atoms with van der Waals surface area (Å²) in [5.74, 6) is 0.0351. The van der Waals surface area contributed by atoms with Gasteiger partial charge in [0.2, 0.25) is 0 Å². The van der Waals surface area contributed by atoms with E-state index in [-0.39, 0.29) is 28.2 Å². The summed E-state index contributed by atoms with van der Waals surface area (Å²) < 4.78 is 5.36. The molecule has 19 heavy (non-hydrogen) atoms. The van der Waals surface area contributed by atoms with Gasteiger partial charge in [-0.25, -0.2) is 4.98 Å². The van der Waals surface area contributed by atoms with Crippen molar-refractivity contribution in [3.63, 3.8) is 0 Å². The van der Waals surface area contributed by atoms with Gasteiger partial charge in [0.15, 0.2) is 0 Å². The molecule has 6 heteroatoms. The second-order valence-corrected chi connectivity index (χ2v) is 5.26. The van der Waals surface area contributed by atoms with E-state index in [1.807, 2.05) is 20.8 Å². The minimum absolute atomic E-state index is 0.0573. The molecular formula is C13H18Cl2N2O2. The predicted molar refractivity (Wildman–Crippen MR) is 76.8 cm³/mol. The van der Waals surface area contributed by atoms with E-state index in [0.29, 0.717) is 18.8 Å². The summed E-state index contributed by atoms with van der Waals surface area (Å²) >= 11 is 11.6. The summed E-state index contributed by atoms with van der Waals surface area (Å²) in [5, 5.41) is 3.31. The Balaban J connectivity index is 2.75. The lowest BCUT2D eigenvalue weighted by molar-refractivity contribution is 0.0806. The zero-order chi connectivity index (χ0) is 14.4. The summed E-state index contributed by atoms with van der Waals surface area (Å²) in [7, 11) is 0. The predicted octanol–water partition coefficient (Wildman–Crippen LogP) is 3.18. The van der Waals surface area contributed by atoms with Gasteiger partial charge in [0, 0.05) is 12.2 Å². The molecule has 0 saturated heterocycles. The number of rotatable bonds is 6. The van der Waals surface area contributed by atoms with Gasteiger partial charge in [-0.15, -0.1) is 0 Å². The van der Waals surface area contributed by atoms with E-state index in [4.69, 9.17) is 27.9 Å². The highest BCUT2D eigenvalue weighted by Crippen LogP contribution is 2.15. The molecule has 106 valence electrons. The van der Waals surface area contributed by atoms with Crippen molar-refractivity contribution < 1.29 is 9.53 Å². The molecule has 0 aliphatic rings. The second-order valence-electron chi connectivity index (χ2n) is 4.48. The van der Waals surface area contributed by atoms with Gasteiger partial charge < -0.3 is 10.1 Å². The largest absolute Gasteiger partial charge is 0.380 e. The third kappa shape index (κ3) is 5.35. The Kier molecular flexibility index (Phi) is 6.55. The maximum atomic E-state index is 12.1. The van der Waals surface area contributed by atoms with E-state index >= 15 is 0 Å². The molecule has 0 aliphatic heterocycles. The van der Waals surface area contributed by atoms with Crippen LogP contribution >= 0.6 is 23.2 Å². The molecule has 0 aromatic carbocycles. The zero-order valence-corrected chi connectivity index (χ0v) is 12.8. The van der Waals surface area contributed by atoms with Crippen LogP contribution in [0, 0.1) is 5.92 Å². The SMILES string of the molecule is CCOCC(NC(=O)c1cc(Cl)nc(Cl)c1)C(C)C. The van der Waals surface area contributed by atoms with E-state index in [1.54, 1.807) is 0 Å². The molecule has 0 fully saturated rings. The number of nitrogens with one attached hydrogen (secondary N) is 1. The number of halogens is 2. The number of pyridine rings is 1. The molecule has 1 aromatic rings. The van der Waals surface area contributed by atoms with Crippen molar-refractivity contribution in [1.29, 1.82) is 0 Å². The van der Waals surface area contributed by atoms with Gasteiger partial charge in [-0.1, -0.05) is 37.0 Å². The van der Waals surface area contributed by atoms with Crippen LogP contribution in [0.1, 0.15) is 31.1 Å². The normalized spacial score (nSPS) is 12.5. The minimum Gasteiger partial charge on any atom is -0.380 e. The molecule has 0 saturated carbocycles. The van der Waals surface area contributed by atoms with Crippen LogP contribution in [0.15, 0.2) is 12.1 Å². The first kappa shape index (κ1) is 16.2. The Morgan fingerprint density at radius 1 is 1.37 bits per heavy atom. The lowest BCUT2D eigenvalue weighted by Crippen LogP contribution is -2.41. The highest BCUT2D eigenvalue weighted by molar-refractivity contribution is 6.33. The van der Waals surface area contributed by atoms with Crippen LogP contribution < -0.4 is 5.32 Å². The van der Waals surface area contributed by atoms with E-state index in [9.17, 15) is 4.79 Å². The minimum atomic E-state index is -0.232. The quantitative estimate of drug-likeness (QED) is 0.821. The van der Waals surface area contributed by atoms with Gasteiger partial charge in [-0.3, -0.25) is 4.79 Å². The molecule has 1 atom stereocenters. The maximum absolute atomic E-state index is 12.1. The fourth-order valence-electron chi connectivity index (χ4n) is 1.49. The van der Waals surface area contributed by atoms with E-state index in [1.165, 1.54) is 12.1 Å². The Bertz CT molecular complexity index is 418. The number of hydrogen-bond acceptors (Lipinski definition) is 3. The zero-order valence-electron chi connectivity index (χ0n) is 11.2. The highest BCUT2D eigenvalue weighted by atomic mass is 35.5. The first-order valence-corrected chi connectivity index (χ1v) is 6.91. The van der Waals surface area contributed by atoms with Crippen molar-refractivity contribution in [2.75, 3.05) is 13.2 Å². The summed E-state index contributed by atoms with van der Waals surface area (Å²) in [6.45, 7) is 7.06. The van der Waals surface area contributed by atoms with Gasteiger partial charge in [-0.2, -0.15) is 0 Å². The average Bonchev–Trinajstić information content (AvgIpc) is 2.32. The molecule has 4 nitrogen and oxygen atoms in total. The van der Waals surface area contributed by atoms with Crippen LogP contribution in [0.5, 0.6) is 0 Å². The molecule has 1 aromatic heterocycles. The summed E-state index contributed by atoms with van der Waals surface area (Å²) in [5.41, 5.74) is 0.396. The molecular weight excluding hydrogens is 287 g/mol. The monoisotopic (exact) mass is 304 g/mol. The first-order chi connectivity index (χ1) is 8.93. The molecule has 1 N–H and O–H groups in total. The van der Waals surface area contributed by atoms with Crippen molar-refractivity contribution >= 4 is 29.1 Å². The third-order valence-corrected chi connectivity index (χ3v) is 3.04. The van der Waals surface area contributed by atoms with Crippen LogP contribution in [0.2, 0.25) is 10.3 Å². The third-order valence-electron chi connectivity index (χ3n) is 2.65. The molecule has 1 amide bonds. The van der Waals surface area contributed by atoms with E-state index in [2.05, 4.69) is 10.3 Å². The Hall–Kier alpha value is -0.840. The van der Waals surface area contributed by atoms with Crippen LogP contribution in [-0.2, 0) is 4.74 Å². The first-order valence-electron chi connectivity index (χ1n) is 6.15. The van der Waals surface area contributed by atoms with Crippen molar-refractivity contribution in [2.24, 2.45) is 5.92 Å². The lowest BCUT2D eigenvalue weighted by Gasteiger charge is -2.22. The fraction of sp³-hybridized carbons (Fsp3) is 0.538. The van der Waals surface area contributed by atoms with Crippen LogP contribution in [0.3, 0.4) is 0 Å². The van der Waals surface area contributed by atoms with Gasteiger partial charge in [-0.05, 0) is 25.0 Å². The van der Waals surface area contributed by atoms with Crippen LogP contribution in [0.25, 0.3) is 0 Å². The van der Waals surface area contributed by atoms with E-state index in [0.717, 1.165) is 0 Å². The summed E-state index contributed by atoms with van der Waals surface area (Å²) in [6.07, 6.45) is 0. The Labute approximate surface area is 123 Å². The van der Waals surface area contributed by atoms with Crippen molar-refractivity contribution in [3.8, 4) is 0 Å². The lowest BCUT2D eigenvalue weighted by atomic mass is 10.0. The maximum Gasteiger partial charge on any atom is 0.251 e. The fourth-order valence-corrected chi connectivity index (χ4v) is 1.95. The van der Waals surface area contributed by atoms with Gasteiger partial charge in [0.05, 0.1) is 12.6 Å². The number of aromatic nitrogens is 1. The smallest absolute Gasteiger partial charge is 0.251 e. The van der Waals surface area contributed by atoms with Crippen LogP contribution in [-0.4, -0.2) is 30.1 Å². The molecule has 1 unspecified atom stereocenters. The molecule has 0 aliphatic carbocycles. The number of ether oxygens (including phenoxy) is 1.